The zero-order valence-corrected chi connectivity index (χ0v) is 14.1. The molecule has 0 aliphatic rings. The molecule has 0 aliphatic carbocycles. The van der Waals surface area contributed by atoms with E-state index in [9.17, 15) is 10.1 Å². The van der Waals surface area contributed by atoms with Gasteiger partial charge in [0.1, 0.15) is 5.65 Å². The van der Waals surface area contributed by atoms with Crippen LogP contribution in [0.2, 0.25) is 0 Å². The lowest BCUT2D eigenvalue weighted by Crippen LogP contribution is -2.18. The summed E-state index contributed by atoms with van der Waals surface area (Å²) in [6.07, 6.45) is 1.92. The van der Waals surface area contributed by atoms with Gasteiger partial charge in [0.2, 0.25) is 0 Å². The maximum absolute atomic E-state index is 10.9. The minimum Gasteiger partial charge on any atom is -0.393 e. The van der Waals surface area contributed by atoms with Crippen molar-refractivity contribution in [2.45, 2.75) is 19.8 Å². The van der Waals surface area contributed by atoms with Crippen molar-refractivity contribution in [1.82, 2.24) is 9.38 Å². The number of hydrogen-bond acceptors (Lipinski definition) is 4. The summed E-state index contributed by atoms with van der Waals surface area (Å²) in [4.78, 5) is 15.5. The molecule has 1 atom stereocenters. The van der Waals surface area contributed by atoms with Gasteiger partial charge in [0.25, 0.3) is 5.69 Å². The van der Waals surface area contributed by atoms with Crippen molar-refractivity contribution in [3.63, 3.8) is 0 Å². The van der Waals surface area contributed by atoms with Crippen molar-refractivity contribution in [2.24, 2.45) is 5.73 Å². The maximum Gasteiger partial charge on any atom is 0.269 e. The van der Waals surface area contributed by atoms with E-state index in [1.807, 2.05) is 36.6 Å². The Morgan fingerprint density at radius 3 is 2.58 bits per heavy atom. The Balaban J connectivity index is 2.26. The molecule has 0 amide bonds. The Morgan fingerprint density at radius 1 is 1.33 bits per heavy atom. The fourth-order valence-electron chi connectivity index (χ4n) is 2.72. The van der Waals surface area contributed by atoms with Crippen LogP contribution in [0, 0.1) is 17.0 Å². The van der Waals surface area contributed by atoms with Crippen LogP contribution in [-0.4, -0.2) is 19.3 Å². The molecule has 0 aliphatic heterocycles. The number of hydrogen-bond donors (Lipinski definition) is 1. The number of aryl methyl sites for hydroxylation is 1. The van der Waals surface area contributed by atoms with Crippen molar-refractivity contribution >= 4 is 28.5 Å². The highest BCUT2D eigenvalue weighted by Crippen LogP contribution is 2.32. The molecule has 0 spiro atoms. The molecule has 0 radical (unpaired) electrons. The van der Waals surface area contributed by atoms with Gasteiger partial charge in [-0.25, -0.2) is 4.98 Å². The number of rotatable bonds is 4. The lowest BCUT2D eigenvalue weighted by atomic mass is 10.0. The fourth-order valence-corrected chi connectivity index (χ4v) is 2.84. The zero-order valence-electron chi connectivity index (χ0n) is 13.3. The molecule has 6 nitrogen and oxygen atoms in total. The minimum absolute atomic E-state index is 0.0441. The quantitative estimate of drug-likeness (QED) is 0.445. The summed E-state index contributed by atoms with van der Waals surface area (Å²) < 4.78 is 1.98. The molecule has 122 valence electrons. The minimum atomic E-state index is -0.420. The molecule has 1 aromatic carbocycles. The van der Waals surface area contributed by atoms with Crippen LogP contribution in [-0.2, 0) is 0 Å². The molecule has 0 bridgehead atoms. The number of nitrogens with two attached hydrogens (primary N) is 1. The van der Waals surface area contributed by atoms with Crippen LogP contribution < -0.4 is 5.73 Å². The second kappa shape index (κ2) is 6.01. The highest BCUT2D eigenvalue weighted by molar-refractivity contribution is 7.80. The molecule has 3 aromatic rings. The van der Waals surface area contributed by atoms with Gasteiger partial charge in [-0.1, -0.05) is 25.2 Å². The molecule has 0 fully saturated rings. The van der Waals surface area contributed by atoms with Crippen LogP contribution in [0.3, 0.4) is 0 Å². The van der Waals surface area contributed by atoms with Crippen molar-refractivity contribution in [3.8, 4) is 11.3 Å². The molecule has 3 rings (SSSR count). The highest BCUT2D eigenvalue weighted by atomic mass is 32.1. The second-order valence-electron chi connectivity index (χ2n) is 5.66. The number of pyridine rings is 1. The summed E-state index contributed by atoms with van der Waals surface area (Å²) in [6.45, 7) is 3.92. The normalized spacial score (nSPS) is 12.2. The monoisotopic (exact) mass is 340 g/mol. The Bertz CT molecular complexity index is 947. The third-order valence-corrected chi connectivity index (χ3v) is 4.42. The summed E-state index contributed by atoms with van der Waals surface area (Å²) in [6, 6.07) is 10.3. The molecule has 2 heterocycles. The third-order valence-electron chi connectivity index (χ3n) is 4.07. The Kier molecular flexibility index (Phi) is 4.02. The molecule has 0 saturated carbocycles. The van der Waals surface area contributed by atoms with Crippen LogP contribution in [0.25, 0.3) is 16.9 Å². The number of nitro benzene ring substituents is 1. The molecular formula is C17H16N4O2S. The highest BCUT2D eigenvalue weighted by Gasteiger charge is 2.22. The predicted molar refractivity (Wildman–Crippen MR) is 97.2 cm³/mol. The smallest absolute Gasteiger partial charge is 0.269 e. The van der Waals surface area contributed by atoms with Gasteiger partial charge in [-0.05, 0) is 30.7 Å². The molecule has 0 saturated heterocycles. The van der Waals surface area contributed by atoms with Crippen molar-refractivity contribution in [3.05, 3.63) is 64.0 Å². The van der Waals surface area contributed by atoms with E-state index in [1.54, 1.807) is 12.1 Å². The van der Waals surface area contributed by atoms with E-state index in [2.05, 4.69) is 0 Å². The van der Waals surface area contributed by atoms with Crippen molar-refractivity contribution < 1.29 is 4.92 Å². The van der Waals surface area contributed by atoms with Crippen molar-refractivity contribution in [1.29, 1.82) is 0 Å². The Morgan fingerprint density at radius 2 is 2.00 bits per heavy atom. The molecular weight excluding hydrogens is 324 g/mol. The van der Waals surface area contributed by atoms with Crippen LogP contribution in [0.5, 0.6) is 0 Å². The fraction of sp³-hybridized carbons (Fsp3) is 0.176. The average molecular weight is 340 g/mol. The van der Waals surface area contributed by atoms with Crippen LogP contribution in [0.1, 0.15) is 24.1 Å². The molecule has 24 heavy (non-hydrogen) atoms. The summed E-state index contributed by atoms with van der Waals surface area (Å²) in [5.41, 5.74) is 10.2. The Hall–Kier alpha value is -2.80. The first kappa shape index (κ1) is 16.1. The Labute approximate surface area is 144 Å². The predicted octanol–water partition coefficient (Wildman–Crippen LogP) is 3.61. The topological polar surface area (TPSA) is 86.5 Å². The average Bonchev–Trinajstić information content (AvgIpc) is 2.95. The van der Waals surface area contributed by atoms with Gasteiger partial charge >= 0.3 is 0 Å². The number of aromatic nitrogens is 2. The lowest BCUT2D eigenvalue weighted by molar-refractivity contribution is -0.384. The van der Waals surface area contributed by atoms with Crippen LogP contribution in [0.15, 0.2) is 42.6 Å². The number of benzene rings is 1. The number of non-ortho nitro benzene ring substituents is 1. The van der Waals surface area contributed by atoms with Gasteiger partial charge in [-0.2, -0.15) is 0 Å². The van der Waals surface area contributed by atoms with Crippen LogP contribution >= 0.6 is 12.2 Å². The van der Waals surface area contributed by atoms with E-state index in [0.717, 1.165) is 28.2 Å². The van der Waals surface area contributed by atoms with Gasteiger partial charge in [-0.15, -0.1) is 0 Å². The van der Waals surface area contributed by atoms with Gasteiger partial charge < -0.3 is 10.1 Å². The summed E-state index contributed by atoms with van der Waals surface area (Å²) >= 11 is 5.17. The van der Waals surface area contributed by atoms with E-state index >= 15 is 0 Å². The second-order valence-corrected chi connectivity index (χ2v) is 6.13. The third kappa shape index (κ3) is 2.63. The zero-order chi connectivity index (χ0) is 17.4. The number of imidazole rings is 1. The van der Waals surface area contributed by atoms with Gasteiger partial charge in [0.05, 0.1) is 21.3 Å². The summed E-state index contributed by atoms with van der Waals surface area (Å²) in [5.74, 6) is -0.179. The molecule has 1 unspecified atom stereocenters. The van der Waals surface area contributed by atoms with E-state index in [0.29, 0.717) is 4.99 Å². The maximum atomic E-state index is 10.9. The number of thiocarbonyl (C=S) groups is 1. The first-order valence-corrected chi connectivity index (χ1v) is 7.82. The summed E-state index contributed by atoms with van der Waals surface area (Å²) in [5, 5.41) is 10.9. The van der Waals surface area contributed by atoms with Crippen molar-refractivity contribution in [2.75, 3.05) is 0 Å². The van der Waals surface area contributed by atoms with Gasteiger partial charge in [0.15, 0.2) is 0 Å². The lowest BCUT2D eigenvalue weighted by Gasteiger charge is -2.12. The van der Waals surface area contributed by atoms with E-state index in [4.69, 9.17) is 22.9 Å². The first-order chi connectivity index (χ1) is 11.4. The van der Waals surface area contributed by atoms with Gasteiger partial charge in [0, 0.05) is 29.8 Å². The van der Waals surface area contributed by atoms with Crippen LogP contribution in [0.4, 0.5) is 5.69 Å². The summed E-state index contributed by atoms with van der Waals surface area (Å²) in [7, 11) is 0. The number of fused-ring (bicyclic) bond motifs is 1. The molecule has 7 heteroatoms. The first-order valence-electron chi connectivity index (χ1n) is 7.42. The largest absolute Gasteiger partial charge is 0.393 e. The molecule has 2 aromatic heterocycles. The van der Waals surface area contributed by atoms with E-state index in [-0.39, 0.29) is 11.6 Å². The van der Waals surface area contributed by atoms with E-state index < -0.39 is 4.92 Å². The van der Waals surface area contributed by atoms with Gasteiger partial charge in [-0.3, -0.25) is 10.1 Å². The SMILES string of the molecule is Cc1cccn2c(C(C)C(N)=S)c(-c3ccc([N+](=O)[O-])cc3)nc12. The number of nitro groups is 1. The number of nitrogens with zero attached hydrogens (tertiary/aromatic N) is 3. The van der Waals surface area contributed by atoms with E-state index in [1.165, 1.54) is 12.1 Å². The molecule has 2 N–H and O–H groups in total. The standard InChI is InChI=1S/C17H16N4O2S/c1-10-4-3-9-20-15(11(2)16(18)24)14(19-17(10)20)12-5-7-13(8-6-12)21(22)23/h3-9,11H,1-2H3,(H2,18,24).